The highest BCUT2D eigenvalue weighted by atomic mass is 32.1. The Balaban J connectivity index is 1.87. The summed E-state index contributed by atoms with van der Waals surface area (Å²) in [5.74, 6) is -0.0307. The van der Waals surface area contributed by atoms with Crippen molar-refractivity contribution in [2.24, 2.45) is 0 Å². The van der Waals surface area contributed by atoms with E-state index in [9.17, 15) is 4.79 Å². The van der Waals surface area contributed by atoms with Gasteiger partial charge in [0.15, 0.2) is 0 Å². The van der Waals surface area contributed by atoms with E-state index >= 15 is 0 Å². The molecule has 19 heavy (non-hydrogen) atoms. The zero-order chi connectivity index (χ0) is 13.4. The molecule has 0 saturated carbocycles. The number of amides is 1. The van der Waals surface area contributed by atoms with Gasteiger partial charge in [0.05, 0.1) is 17.9 Å². The Kier molecular flexibility index (Phi) is 3.06. The first kappa shape index (κ1) is 12.3. The van der Waals surface area contributed by atoms with E-state index in [-0.39, 0.29) is 11.9 Å². The first-order chi connectivity index (χ1) is 9.16. The molecule has 0 spiro atoms. The molecule has 0 saturated heterocycles. The summed E-state index contributed by atoms with van der Waals surface area (Å²) in [6, 6.07) is 2.23. The third kappa shape index (κ3) is 2.14. The third-order valence-corrected chi connectivity index (χ3v) is 4.53. The van der Waals surface area contributed by atoms with Crippen LogP contribution in [-0.2, 0) is 6.42 Å². The Bertz CT molecular complexity index is 605. The Morgan fingerprint density at radius 1 is 1.42 bits per heavy atom. The zero-order valence-electron chi connectivity index (χ0n) is 11.0. The van der Waals surface area contributed by atoms with Crippen molar-refractivity contribution in [3.8, 4) is 0 Å². The molecule has 1 atom stereocenters. The van der Waals surface area contributed by atoms with E-state index in [1.807, 2.05) is 11.8 Å². The molecule has 0 unspecified atom stereocenters. The van der Waals surface area contributed by atoms with Gasteiger partial charge >= 0.3 is 0 Å². The van der Waals surface area contributed by atoms with Gasteiger partial charge in [-0.15, -0.1) is 11.3 Å². The summed E-state index contributed by atoms with van der Waals surface area (Å²) in [6.07, 6.45) is 4.13. The fourth-order valence-corrected chi connectivity index (χ4v) is 3.40. The molecule has 0 radical (unpaired) electrons. The first-order valence-electron chi connectivity index (χ1n) is 6.32. The van der Waals surface area contributed by atoms with Crippen LogP contribution in [0.5, 0.6) is 0 Å². The van der Waals surface area contributed by atoms with Crippen molar-refractivity contribution in [2.45, 2.75) is 26.3 Å². The Morgan fingerprint density at radius 3 is 3.00 bits per heavy atom. The highest BCUT2D eigenvalue weighted by molar-refractivity contribution is 7.10. The first-order valence-corrected chi connectivity index (χ1v) is 7.20. The summed E-state index contributed by atoms with van der Waals surface area (Å²) in [5, 5.41) is 2.10. The number of rotatable bonds is 1. The number of nitrogens with zero attached hydrogens (tertiary/aromatic N) is 3. The third-order valence-electron chi connectivity index (χ3n) is 3.54. The Hall–Kier alpha value is -1.75. The molecule has 0 fully saturated rings. The van der Waals surface area contributed by atoms with Gasteiger partial charge in [0.1, 0.15) is 5.69 Å². The second-order valence-electron chi connectivity index (χ2n) is 4.77. The molecule has 2 aromatic rings. The topological polar surface area (TPSA) is 46.1 Å². The maximum Gasteiger partial charge on any atom is 0.274 e. The average Bonchev–Trinajstić information content (AvgIpc) is 2.88. The maximum atomic E-state index is 12.5. The van der Waals surface area contributed by atoms with Crippen LogP contribution in [0.3, 0.4) is 0 Å². The van der Waals surface area contributed by atoms with Crippen LogP contribution in [0.4, 0.5) is 0 Å². The highest BCUT2D eigenvalue weighted by Crippen LogP contribution is 2.33. The molecule has 1 amide bonds. The van der Waals surface area contributed by atoms with Crippen molar-refractivity contribution in [1.29, 1.82) is 0 Å². The van der Waals surface area contributed by atoms with Gasteiger partial charge in [-0.05, 0) is 37.3 Å². The lowest BCUT2D eigenvalue weighted by Crippen LogP contribution is -2.38. The monoisotopic (exact) mass is 273 g/mol. The van der Waals surface area contributed by atoms with Gasteiger partial charge in [-0.1, -0.05) is 0 Å². The van der Waals surface area contributed by atoms with Crippen LogP contribution in [-0.4, -0.2) is 27.3 Å². The summed E-state index contributed by atoms with van der Waals surface area (Å²) in [7, 11) is 0. The molecule has 98 valence electrons. The second kappa shape index (κ2) is 4.74. The average molecular weight is 273 g/mol. The summed E-state index contributed by atoms with van der Waals surface area (Å²) < 4.78 is 0. The van der Waals surface area contributed by atoms with Crippen molar-refractivity contribution < 1.29 is 4.79 Å². The van der Waals surface area contributed by atoms with E-state index in [4.69, 9.17) is 0 Å². The lowest BCUT2D eigenvalue weighted by atomic mass is 10.0. The van der Waals surface area contributed by atoms with Crippen LogP contribution in [0, 0.1) is 6.92 Å². The number of aromatic nitrogens is 2. The molecule has 3 heterocycles. The number of aryl methyl sites for hydroxylation is 1. The van der Waals surface area contributed by atoms with E-state index < -0.39 is 0 Å². The molecule has 0 bridgehead atoms. The molecule has 4 nitrogen and oxygen atoms in total. The quantitative estimate of drug-likeness (QED) is 0.802. The van der Waals surface area contributed by atoms with E-state index in [1.165, 1.54) is 10.4 Å². The zero-order valence-corrected chi connectivity index (χ0v) is 11.8. The second-order valence-corrected chi connectivity index (χ2v) is 5.77. The number of carbonyl (C=O) groups is 1. The van der Waals surface area contributed by atoms with Crippen molar-refractivity contribution in [1.82, 2.24) is 14.9 Å². The fourth-order valence-electron chi connectivity index (χ4n) is 2.44. The number of thiophene rings is 1. The van der Waals surface area contributed by atoms with Crippen molar-refractivity contribution >= 4 is 17.2 Å². The molecular formula is C14H15N3OS. The number of hydrogen-bond donors (Lipinski definition) is 0. The Labute approximate surface area is 116 Å². The molecule has 1 aliphatic heterocycles. The van der Waals surface area contributed by atoms with Crippen LogP contribution in [0.15, 0.2) is 23.8 Å². The SMILES string of the molecule is Cc1cnc(C(=O)N2CCc3sccc3[C@H]2C)cn1. The highest BCUT2D eigenvalue weighted by Gasteiger charge is 2.29. The van der Waals surface area contributed by atoms with Gasteiger partial charge in [-0.3, -0.25) is 9.78 Å². The lowest BCUT2D eigenvalue weighted by Gasteiger charge is -2.33. The van der Waals surface area contributed by atoms with Gasteiger partial charge < -0.3 is 4.90 Å². The van der Waals surface area contributed by atoms with Crippen LogP contribution < -0.4 is 0 Å². The van der Waals surface area contributed by atoms with E-state index in [0.29, 0.717) is 5.69 Å². The van der Waals surface area contributed by atoms with Crippen LogP contribution in [0.25, 0.3) is 0 Å². The van der Waals surface area contributed by atoms with Crippen molar-refractivity contribution in [3.63, 3.8) is 0 Å². The molecule has 0 aliphatic carbocycles. The van der Waals surface area contributed by atoms with Gasteiger partial charge in [0.25, 0.3) is 5.91 Å². The van der Waals surface area contributed by atoms with E-state index in [1.54, 1.807) is 23.7 Å². The fraction of sp³-hybridized carbons (Fsp3) is 0.357. The van der Waals surface area contributed by atoms with Crippen molar-refractivity contribution in [2.75, 3.05) is 6.54 Å². The predicted octanol–water partition coefficient (Wildman–Crippen LogP) is 2.61. The summed E-state index contributed by atoms with van der Waals surface area (Å²) in [5.41, 5.74) is 2.52. The van der Waals surface area contributed by atoms with Crippen molar-refractivity contribution in [3.05, 3.63) is 45.7 Å². The minimum absolute atomic E-state index is 0.0307. The van der Waals surface area contributed by atoms with Crippen LogP contribution in [0.1, 0.15) is 39.6 Å². The van der Waals surface area contributed by atoms with Gasteiger partial charge in [-0.25, -0.2) is 4.98 Å². The molecule has 2 aromatic heterocycles. The molecule has 1 aliphatic rings. The number of fused-ring (bicyclic) bond motifs is 1. The molecule has 0 N–H and O–H groups in total. The van der Waals surface area contributed by atoms with Gasteiger partial charge in [0, 0.05) is 17.6 Å². The molecular weight excluding hydrogens is 258 g/mol. The van der Waals surface area contributed by atoms with Gasteiger partial charge in [-0.2, -0.15) is 0 Å². The largest absolute Gasteiger partial charge is 0.330 e. The minimum atomic E-state index is -0.0307. The lowest BCUT2D eigenvalue weighted by molar-refractivity contribution is 0.0673. The van der Waals surface area contributed by atoms with E-state index in [0.717, 1.165) is 18.7 Å². The van der Waals surface area contributed by atoms with E-state index in [2.05, 4.69) is 28.3 Å². The smallest absolute Gasteiger partial charge is 0.274 e. The van der Waals surface area contributed by atoms with Crippen LogP contribution >= 0.6 is 11.3 Å². The summed E-state index contributed by atoms with van der Waals surface area (Å²) in [4.78, 5) is 24.1. The van der Waals surface area contributed by atoms with Gasteiger partial charge in [0.2, 0.25) is 0 Å². The predicted molar refractivity (Wildman–Crippen MR) is 74.2 cm³/mol. The molecule has 5 heteroatoms. The normalized spacial score (nSPS) is 18.2. The number of carbonyl (C=O) groups excluding carboxylic acids is 1. The maximum absolute atomic E-state index is 12.5. The Morgan fingerprint density at radius 2 is 2.26 bits per heavy atom. The summed E-state index contributed by atoms with van der Waals surface area (Å²) >= 11 is 1.77. The standard InChI is InChI=1S/C14H15N3OS/c1-9-7-16-12(8-15-9)14(18)17-5-3-13-11(10(17)2)4-6-19-13/h4,6-8,10H,3,5H2,1-2H3/t10-/m1/s1. The number of hydrogen-bond acceptors (Lipinski definition) is 4. The molecule has 0 aromatic carbocycles. The summed E-state index contributed by atoms with van der Waals surface area (Å²) in [6.45, 7) is 4.69. The molecule has 3 rings (SSSR count). The minimum Gasteiger partial charge on any atom is -0.330 e. The van der Waals surface area contributed by atoms with Crippen LogP contribution in [0.2, 0.25) is 0 Å².